The van der Waals surface area contributed by atoms with Gasteiger partial charge in [0.2, 0.25) is 0 Å². The highest BCUT2D eigenvalue weighted by molar-refractivity contribution is 6.33. The summed E-state index contributed by atoms with van der Waals surface area (Å²) in [6.07, 6.45) is 2.17. The lowest BCUT2D eigenvalue weighted by Gasteiger charge is -2.32. The summed E-state index contributed by atoms with van der Waals surface area (Å²) in [4.78, 5) is 35.3. The van der Waals surface area contributed by atoms with Crippen LogP contribution in [-0.2, 0) is 4.79 Å². The fourth-order valence-corrected chi connectivity index (χ4v) is 3.10. The minimum Gasteiger partial charge on any atom is -0.481 e. The van der Waals surface area contributed by atoms with Gasteiger partial charge in [-0.2, -0.15) is 0 Å². The number of amides is 1. The van der Waals surface area contributed by atoms with E-state index in [0.717, 1.165) is 12.8 Å². The van der Waals surface area contributed by atoms with Gasteiger partial charge in [-0.1, -0.05) is 17.7 Å². The molecular formula is C15H17ClN2O5. The van der Waals surface area contributed by atoms with E-state index < -0.39 is 16.8 Å². The number of nitro benzene ring substituents is 1. The molecule has 1 amide bonds. The van der Waals surface area contributed by atoms with Crippen molar-refractivity contribution in [3.63, 3.8) is 0 Å². The molecule has 1 heterocycles. The molecular weight excluding hydrogens is 324 g/mol. The lowest BCUT2D eigenvalue weighted by molar-refractivity contribution is -0.385. The number of para-hydroxylation sites is 1. The molecule has 0 saturated carbocycles. The molecule has 1 aromatic rings. The zero-order valence-corrected chi connectivity index (χ0v) is 13.2. The van der Waals surface area contributed by atoms with Crippen molar-refractivity contribution in [1.29, 1.82) is 0 Å². The summed E-state index contributed by atoms with van der Waals surface area (Å²) in [5.74, 6) is -1.19. The van der Waals surface area contributed by atoms with E-state index in [-0.39, 0.29) is 28.6 Å². The highest BCUT2D eigenvalue weighted by Gasteiger charge is 2.30. The van der Waals surface area contributed by atoms with Gasteiger partial charge in [0, 0.05) is 19.5 Å². The molecule has 1 N–H and O–H groups in total. The summed E-state index contributed by atoms with van der Waals surface area (Å²) in [7, 11) is 0. The number of carboxylic acids is 1. The lowest BCUT2D eigenvalue weighted by atomic mass is 9.93. The second kappa shape index (κ2) is 7.41. The summed E-state index contributed by atoms with van der Waals surface area (Å²) in [6.45, 7) is 0.919. The Hall–Kier alpha value is -2.15. The maximum absolute atomic E-state index is 12.6. The van der Waals surface area contributed by atoms with Crippen LogP contribution in [0.1, 0.15) is 36.0 Å². The van der Waals surface area contributed by atoms with Gasteiger partial charge in [0.15, 0.2) is 0 Å². The van der Waals surface area contributed by atoms with Gasteiger partial charge in [-0.05, 0) is 37.3 Å². The molecule has 1 aliphatic rings. The normalized spacial score (nSPS) is 17.8. The molecule has 1 saturated heterocycles. The van der Waals surface area contributed by atoms with Gasteiger partial charge in [0.1, 0.15) is 10.6 Å². The molecule has 124 valence electrons. The number of nitrogens with zero attached hydrogens (tertiary/aromatic N) is 2. The Balaban J connectivity index is 2.15. The van der Waals surface area contributed by atoms with E-state index in [1.807, 2.05) is 0 Å². The summed E-state index contributed by atoms with van der Waals surface area (Å²) in [6, 6.07) is 4.28. The van der Waals surface area contributed by atoms with Crippen molar-refractivity contribution in [3.8, 4) is 0 Å². The van der Waals surface area contributed by atoms with Crippen LogP contribution in [0.15, 0.2) is 18.2 Å². The molecule has 1 unspecified atom stereocenters. The zero-order chi connectivity index (χ0) is 17.0. The van der Waals surface area contributed by atoms with Gasteiger partial charge < -0.3 is 10.0 Å². The van der Waals surface area contributed by atoms with E-state index in [0.29, 0.717) is 19.5 Å². The molecule has 1 fully saturated rings. The molecule has 1 aliphatic heterocycles. The quantitative estimate of drug-likeness (QED) is 0.656. The Morgan fingerprint density at radius 1 is 1.43 bits per heavy atom. The van der Waals surface area contributed by atoms with Crippen molar-refractivity contribution in [3.05, 3.63) is 38.9 Å². The second-order valence-corrected chi connectivity index (χ2v) is 5.99. The van der Waals surface area contributed by atoms with Crippen LogP contribution in [0.3, 0.4) is 0 Å². The van der Waals surface area contributed by atoms with Crippen molar-refractivity contribution in [2.75, 3.05) is 13.1 Å². The SMILES string of the molecule is O=C(O)CCC1CCCN(C(=O)c2cccc(Cl)c2[N+](=O)[O-])C1. The monoisotopic (exact) mass is 340 g/mol. The van der Waals surface area contributed by atoms with Crippen LogP contribution in [0.4, 0.5) is 5.69 Å². The van der Waals surface area contributed by atoms with Gasteiger partial charge in [-0.25, -0.2) is 0 Å². The summed E-state index contributed by atoms with van der Waals surface area (Å²) >= 11 is 5.84. The van der Waals surface area contributed by atoms with E-state index in [4.69, 9.17) is 16.7 Å². The number of carboxylic acid groups (broad SMARTS) is 1. The Kier molecular flexibility index (Phi) is 5.54. The molecule has 0 aromatic heterocycles. The summed E-state index contributed by atoms with van der Waals surface area (Å²) in [5, 5.41) is 19.8. The largest absolute Gasteiger partial charge is 0.481 e. The van der Waals surface area contributed by atoms with Crippen LogP contribution in [0.25, 0.3) is 0 Å². The maximum atomic E-state index is 12.6. The molecule has 1 atom stereocenters. The molecule has 0 spiro atoms. The Bertz CT molecular complexity index is 634. The zero-order valence-electron chi connectivity index (χ0n) is 12.4. The van der Waals surface area contributed by atoms with Crippen LogP contribution in [0.2, 0.25) is 5.02 Å². The highest BCUT2D eigenvalue weighted by Crippen LogP contribution is 2.30. The third kappa shape index (κ3) is 4.19. The van der Waals surface area contributed by atoms with E-state index in [2.05, 4.69) is 0 Å². The van der Waals surface area contributed by atoms with Crippen molar-refractivity contribution >= 4 is 29.2 Å². The van der Waals surface area contributed by atoms with E-state index >= 15 is 0 Å². The number of piperidine rings is 1. The average molecular weight is 341 g/mol. The number of carbonyl (C=O) groups is 2. The molecule has 0 aliphatic carbocycles. The Morgan fingerprint density at radius 2 is 2.17 bits per heavy atom. The highest BCUT2D eigenvalue weighted by atomic mass is 35.5. The van der Waals surface area contributed by atoms with Gasteiger partial charge in [0.25, 0.3) is 5.91 Å². The van der Waals surface area contributed by atoms with E-state index in [1.165, 1.54) is 18.2 Å². The first-order chi connectivity index (χ1) is 10.9. The minimum absolute atomic E-state index is 0.0265. The standard InChI is InChI=1S/C15H17ClN2O5/c16-12-5-1-4-11(14(12)18(22)23)15(21)17-8-2-3-10(9-17)6-7-13(19)20/h1,4-5,10H,2-3,6-9H2,(H,19,20). The molecule has 7 nitrogen and oxygen atoms in total. The van der Waals surface area contributed by atoms with Crippen molar-refractivity contribution in [1.82, 2.24) is 4.90 Å². The van der Waals surface area contributed by atoms with Crippen LogP contribution in [0, 0.1) is 16.0 Å². The number of aliphatic carboxylic acids is 1. The van der Waals surface area contributed by atoms with Crippen LogP contribution in [-0.4, -0.2) is 39.9 Å². The topological polar surface area (TPSA) is 101 Å². The van der Waals surface area contributed by atoms with Crippen molar-refractivity contribution in [2.45, 2.75) is 25.7 Å². The van der Waals surface area contributed by atoms with Gasteiger partial charge >= 0.3 is 11.7 Å². The Labute approximate surface area is 138 Å². The van der Waals surface area contributed by atoms with Gasteiger partial charge in [0.05, 0.1) is 4.92 Å². The number of carbonyl (C=O) groups excluding carboxylic acids is 1. The van der Waals surface area contributed by atoms with Crippen LogP contribution >= 0.6 is 11.6 Å². The number of likely N-dealkylation sites (tertiary alicyclic amines) is 1. The first-order valence-electron chi connectivity index (χ1n) is 7.34. The smallest absolute Gasteiger partial charge is 0.303 e. The number of hydrogen-bond donors (Lipinski definition) is 1. The third-order valence-electron chi connectivity index (χ3n) is 3.97. The number of nitro groups is 1. The summed E-state index contributed by atoms with van der Waals surface area (Å²) in [5.41, 5.74) is -0.409. The minimum atomic E-state index is -0.862. The first kappa shape index (κ1) is 17.2. The van der Waals surface area contributed by atoms with Gasteiger partial charge in [-0.3, -0.25) is 19.7 Å². The number of rotatable bonds is 5. The third-order valence-corrected chi connectivity index (χ3v) is 4.28. The Morgan fingerprint density at radius 3 is 2.83 bits per heavy atom. The number of benzene rings is 1. The van der Waals surface area contributed by atoms with Gasteiger partial charge in [-0.15, -0.1) is 0 Å². The molecule has 0 radical (unpaired) electrons. The average Bonchev–Trinajstić information content (AvgIpc) is 2.52. The van der Waals surface area contributed by atoms with Crippen LogP contribution in [0.5, 0.6) is 0 Å². The van der Waals surface area contributed by atoms with Crippen LogP contribution < -0.4 is 0 Å². The molecule has 0 bridgehead atoms. The lowest BCUT2D eigenvalue weighted by Crippen LogP contribution is -2.40. The van der Waals surface area contributed by atoms with Crippen molar-refractivity contribution in [2.24, 2.45) is 5.92 Å². The predicted octanol–water partition coefficient (Wildman–Crippen LogP) is 2.97. The summed E-state index contributed by atoms with van der Waals surface area (Å²) < 4.78 is 0. The maximum Gasteiger partial charge on any atom is 0.303 e. The first-order valence-corrected chi connectivity index (χ1v) is 7.72. The predicted molar refractivity (Wildman–Crippen MR) is 83.6 cm³/mol. The molecule has 23 heavy (non-hydrogen) atoms. The second-order valence-electron chi connectivity index (χ2n) is 5.58. The van der Waals surface area contributed by atoms with Crippen molar-refractivity contribution < 1.29 is 19.6 Å². The van der Waals surface area contributed by atoms with E-state index in [1.54, 1.807) is 4.90 Å². The molecule has 2 rings (SSSR count). The molecule has 8 heteroatoms. The van der Waals surface area contributed by atoms with E-state index in [9.17, 15) is 19.7 Å². The molecule has 1 aromatic carbocycles. The fourth-order valence-electron chi connectivity index (χ4n) is 2.86. The fraction of sp³-hybridized carbons (Fsp3) is 0.467. The number of halogens is 1. The number of hydrogen-bond acceptors (Lipinski definition) is 4.